The molecule has 0 aromatic heterocycles. The average Bonchev–Trinajstić information content (AvgIpc) is 2.02. The first kappa shape index (κ1) is 14.6. The molecule has 1 aromatic carbocycles. The van der Waals surface area contributed by atoms with E-state index in [2.05, 4.69) is 4.52 Å². The number of phosphoric ester groups is 1. The van der Waals surface area contributed by atoms with Crippen LogP contribution in [0.4, 0.5) is 5.69 Å². The largest absolute Gasteiger partial charge is 0.524 e. The molecule has 0 saturated carbocycles. The van der Waals surface area contributed by atoms with Gasteiger partial charge in [-0.05, 0) is 12.1 Å². The Morgan fingerprint density at radius 2 is 1.73 bits per heavy atom. The molecule has 2 N–H and O–H groups in total. The van der Waals surface area contributed by atoms with Crippen molar-refractivity contribution < 1.29 is 23.8 Å². The summed E-state index contributed by atoms with van der Waals surface area (Å²) in [6.07, 6.45) is 0. The maximum absolute atomic E-state index is 10.4. The predicted octanol–water partition coefficient (Wildman–Crippen LogP) is 0.685. The summed E-state index contributed by atoms with van der Waals surface area (Å²) in [5.74, 6) is -0.121. The van der Waals surface area contributed by atoms with Crippen LogP contribution in [0, 0.1) is 10.1 Å². The Morgan fingerprint density at radius 1 is 1.27 bits per heavy atom. The van der Waals surface area contributed by atoms with Crippen LogP contribution in [0.15, 0.2) is 24.3 Å². The van der Waals surface area contributed by atoms with Gasteiger partial charge in [0.15, 0.2) is 0 Å². The number of nitro benzene ring substituents is 1. The number of phosphoric acid groups is 1. The predicted molar refractivity (Wildman–Crippen MR) is 51.5 cm³/mol. The zero-order chi connectivity index (χ0) is 10.8. The Labute approximate surface area is 107 Å². The first-order chi connectivity index (χ1) is 6.38. The van der Waals surface area contributed by atoms with Gasteiger partial charge in [-0.3, -0.25) is 19.9 Å². The number of hydrogen-bond acceptors (Lipinski definition) is 4. The van der Waals surface area contributed by atoms with Crippen molar-refractivity contribution in [2.24, 2.45) is 0 Å². The summed E-state index contributed by atoms with van der Waals surface area (Å²) < 4.78 is 14.5. The van der Waals surface area contributed by atoms with Gasteiger partial charge in [-0.25, -0.2) is 4.57 Å². The van der Waals surface area contributed by atoms with E-state index in [1.807, 2.05) is 0 Å². The summed E-state index contributed by atoms with van der Waals surface area (Å²) in [6.45, 7) is 0. The van der Waals surface area contributed by atoms with Crippen LogP contribution in [0.25, 0.3) is 0 Å². The first-order valence-corrected chi connectivity index (χ1v) is 4.91. The van der Waals surface area contributed by atoms with Crippen LogP contribution in [0.3, 0.4) is 0 Å². The maximum Gasteiger partial charge on any atom is 0.524 e. The quantitative estimate of drug-likeness (QED) is 0.349. The molecule has 15 heavy (non-hydrogen) atoms. The van der Waals surface area contributed by atoms with Gasteiger partial charge in [0.2, 0.25) is 0 Å². The van der Waals surface area contributed by atoms with E-state index in [4.69, 9.17) is 9.79 Å². The molecule has 0 bridgehead atoms. The van der Waals surface area contributed by atoms with E-state index in [1.165, 1.54) is 0 Å². The van der Waals surface area contributed by atoms with E-state index in [9.17, 15) is 14.7 Å². The molecule has 0 amide bonds. The molecule has 0 heterocycles. The van der Waals surface area contributed by atoms with Crippen LogP contribution in [0.5, 0.6) is 5.75 Å². The van der Waals surface area contributed by atoms with Gasteiger partial charge in [-0.15, -0.1) is 0 Å². The SMILES string of the molecule is O=[N+]([O-])c1ccc(OP(=O)(O)O)cc1.[Na]. The van der Waals surface area contributed by atoms with Crippen molar-refractivity contribution in [1.29, 1.82) is 0 Å². The van der Waals surface area contributed by atoms with E-state index in [0.29, 0.717) is 0 Å². The van der Waals surface area contributed by atoms with Gasteiger partial charge < -0.3 is 4.52 Å². The Bertz CT molecular complexity index is 387. The van der Waals surface area contributed by atoms with Gasteiger partial charge in [0.25, 0.3) is 5.69 Å². The van der Waals surface area contributed by atoms with E-state index in [1.54, 1.807) is 0 Å². The molecule has 0 aliphatic carbocycles. The molecule has 0 saturated heterocycles. The van der Waals surface area contributed by atoms with Crippen LogP contribution in [-0.4, -0.2) is 44.3 Å². The molecule has 77 valence electrons. The Balaban J connectivity index is 0.00000196. The van der Waals surface area contributed by atoms with E-state index < -0.39 is 12.7 Å². The molecule has 9 heteroatoms. The van der Waals surface area contributed by atoms with Crippen LogP contribution >= 0.6 is 7.82 Å². The topological polar surface area (TPSA) is 110 Å². The fourth-order valence-electron chi connectivity index (χ4n) is 0.766. The van der Waals surface area contributed by atoms with Crippen LogP contribution in [-0.2, 0) is 4.57 Å². The molecule has 1 aromatic rings. The van der Waals surface area contributed by atoms with E-state index in [0.717, 1.165) is 24.3 Å². The number of non-ortho nitro benzene ring substituents is 1. The molecule has 0 spiro atoms. The van der Waals surface area contributed by atoms with Gasteiger partial charge in [0.05, 0.1) is 4.92 Å². The van der Waals surface area contributed by atoms with Gasteiger partial charge >= 0.3 is 7.82 Å². The first-order valence-electron chi connectivity index (χ1n) is 3.38. The van der Waals surface area contributed by atoms with Gasteiger partial charge in [-0.2, -0.15) is 0 Å². The second kappa shape index (κ2) is 5.60. The maximum atomic E-state index is 10.4. The summed E-state index contributed by atoms with van der Waals surface area (Å²) >= 11 is 0. The standard InChI is InChI=1S/C6H6NO6P.Na/c8-7(9)5-1-3-6(4-2-5)13-14(10,11)12;/h1-4H,(H2,10,11,12);. The van der Waals surface area contributed by atoms with Crippen LogP contribution in [0.1, 0.15) is 0 Å². The molecule has 1 radical (unpaired) electrons. The van der Waals surface area contributed by atoms with Gasteiger partial charge in [0, 0.05) is 41.7 Å². The van der Waals surface area contributed by atoms with Crippen molar-refractivity contribution in [3.8, 4) is 5.75 Å². The molecule has 7 nitrogen and oxygen atoms in total. The molecular weight excluding hydrogens is 236 g/mol. The molecule has 1 rings (SSSR count). The molecule has 0 fully saturated rings. The molecular formula is C6H6NNaO6P. The fraction of sp³-hybridized carbons (Fsp3) is 0. The number of nitrogens with zero attached hydrogens (tertiary/aromatic N) is 1. The number of rotatable bonds is 3. The van der Waals surface area contributed by atoms with Gasteiger partial charge in [0.1, 0.15) is 5.75 Å². The van der Waals surface area contributed by atoms with E-state index >= 15 is 0 Å². The third-order valence-electron chi connectivity index (χ3n) is 1.27. The van der Waals surface area contributed by atoms with Crippen LogP contribution in [0.2, 0.25) is 0 Å². The van der Waals surface area contributed by atoms with Crippen LogP contribution < -0.4 is 4.52 Å². The monoisotopic (exact) mass is 242 g/mol. The number of hydrogen-bond donors (Lipinski definition) is 2. The van der Waals surface area contributed by atoms with Crippen molar-refractivity contribution in [2.75, 3.05) is 0 Å². The number of benzene rings is 1. The normalized spacial score (nSPS) is 10.3. The second-order valence-electron chi connectivity index (χ2n) is 2.33. The minimum absolute atomic E-state index is 0. The average molecular weight is 242 g/mol. The Morgan fingerprint density at radius 3 is 2.07 bits per heavy atom. The molecule has 0 aliphatic heterocycles. The third kappa shape index (κ3) is 5.27. The van der Waals surface area contributed by atoms with E-state index in [-0.39, 0.29) is 41.0 Å². The number of nitro groups is 1. The van der Waals surface area contributed by atoms with Crippen molar-refractivity contribution >= 4 is 43.1 Å². The van der Waals surface area contributed by atoms with Crippen molar-refractivity contribution in [3.63, 3.8) is 0 Å². The molecule has 0 unspecified atom stereocenters. The fourth-order valence-corrected chi connectivity index (χ4v) is 1.16. The summed E-state index contributed by atoms with van der Waals surface area (Å²) in [5, 5.41) is 10.2. The minimum Gasteiger partial charge on any atom is -0.404 e. The third-order valence-corrected chi connectivity index (χ3v) is 1.72. The van der Waals surface area contributed by atoms with Crippen molar-refractivity contribution in [1.82, 2.24) is 0 Å². The zero-order valence-corrected chi connectivity index (χ0v) is 10.6. The zero-order valence-electron chi connectivity index (χ0n) is 7.73. The second-order valence-corrected chi connectivity index (χ2v) is 3.50. The summed E-state index contributed by atoms with van der Waals surface area (Å²) in [5.41, 5.74) is -0.178. The molecule has 0 atom stereocenters. The van der Waals surface area contributed by atoms with Crippen molar-refractivity contribution in [3.05, 3.63) is 34.4 Å². The van der Waals surface area contributed by atoms with Crippen molar-refractivity contribution in [2.45, 2.75) is 0 Å². The summed E-state index contributed by atoms with van der Waals surface area (Å²) in [4.78, 5) is 26.4. The summed E-state index contributed by atoms with van der Waals surface area (Å²) in [7, 11) is -4.60. The smallest absolute Gasteiger partial charge is 0.404 e. The van der Waals surface area contributed by atoms with Gasteiger partial charge in [-0.1, -0.05) is 0 Å². The molecule has 0 aliphatic rings. The Kier molecular flexibility index (Phi) is 5.44. The summed E-state index contributed by atoms with van der Waals surface area (Å²) in [6, 6.07) is 4.39. The minimum atomic E-state index is -4.60. The Hall–Kier alpha value is -0.430.